The maximum absolute atomic E-state index is 12.6. The molecule has 2 atom stereocenters. The standard InChI is InChI=1S/C23H31N3O2/c1-28-20-12-10-19(11-13-20)22(26-14-6-3-7-15-26)17-25-23(27)21(24)16-18-8-4-2-5-9-18/h2,4-5,8-13,21-22H,3,6-7,14-17,24H2,1H3,(H,25,27). The number of methoxy groups -OCH3 is 1. The van der Waals surface area contributed by atoms with Crippen molar-refractivity contribution in [1.82, 2.24) is 10.2 Å². The van der Waals surface area contributed by atoms with E-state index in [-0.39, 0.29) is 11.9 Å². The van der Waals surface area contributed by atoms with Gasteiger partial charge in [-0.15, -0.1) is 0 Å². The SMILES string of the molecule is COc1ccc(C(CNC(=O)C(N)Cc2ccccc2)N2CCCCC2)cc1. The lowest BCUT2D eigenvalue weighted by Gasteiger charge is -2.35. The summed E-state index contributed by atoms with van der Waals surface area (Å²) in [5.41, 5.74) is 8.42. The number of carbonyl (C=O) groups is 1. The highest BCUT2D eigenvalue weighted by atomic mass is 16.5. The van der Waals surface area contributed by atoms with Crippen molar-refractivity contribution in [3.63, 3.8) is 0 Å². The minimum absolute atomic E-state index is 0.0978. The molecule has 1 saturated heterocycles. The first kappa shape index (κ1) is 20.4. The zero-order valence-corrected chi connectivity index (χ0v) is 16.6. The molecule has 0 spiro atoms. The van der Waals surface area contributed by atoms with Crippen LogP contribution in [0.4, 0.5) is 0 Å². The fourth-order valence-corrected chi connectivity index (χ4v) is 3.80. The minimum atomic E-state index is -0.541. The second-order valence-electron chi connectivity index (χ2n) is 7.43. The summed E-state index contributed by atoms with van der Waals surface area (Å²) < 4.78 is 5.28. The molecule has 3 rings (SSSR count). The number of nitrogens with two attached hydrogens (primary N) is 1. The summed E-state index contributed by atoms with van der Waals surface area (Å²) in [5.74, 6) is 0.745. The topological polar surface area (TPSA) is 67.6 Å². The minimum Gasteiger partial charge on any atom is -0.497 e. The number of ether oxygens (including phenoxy) is 1. The molecule has 0 aromatic heterocycles. The van der Waals surface area contributed by atoms with Gasteiger partial charge in [0, 0.05) is 6.54 Å². The third kappa shape index (κ3) is 5.57. The maximum Gasteiger partial charge on any atom is 0.237 e. The van der Waals surface area contributed by atoms with Crippen molar-refractivity contribution < 1.29 is 9.53 Å². The zero-order valence-electron chi connectivity index (χ0n) is 16.6. The van der Waals surface area contributed by atoms with Crippen LogP contribution >= 0.6 is 0 Å². The molecule has 5 nitrogen and oxygen atoms in total. The Bertz CT molecular complexity index is 727. The van der Waals surface area contributed by atoms with E-state index in [9.17, 15) is 4.79 Å². The normalized spacial score (nSPS) is 16.9. The number of likely N-dealkylation sites (tertiary alicyclic amines) is 1. The van der Waals surface area contributed by atoms with E-state index in [0.717, 1.165) is 24.4 Å². The van der Waals surface area contributed by atoms with Crippen LogP contribution in [0.3, 0.4) is 0 Å². The lowest BCUT2D eigenvalue weighted by molar-refractivity contribution is -0.122. The van der Waals surface area contributed by atoms with Gasteiger partial charge in [-0.05, 0) is 55.6 Å². The number of rotatable bonds is 8. The highest BCUT2D eigenvalue weighted by Crippen LogP contribution is 2.25. The third-order valence-corrected chi connectivity index (χ3v) is 5.44. The average molecular weight is 382 g/mol. The number of hydrogen-bond donors (Lipinski definition) is 2. The highest BCUT2D eigenvalue weighted by Gasteiger charge is 2.24. The first-order chi connectivity index (χ1) is 13.7. The number of benzene rings is 2. The Balaban J connectivity index is 1.63. The summed E-state index contributed by atoms with van der Waals surface area (Å²) in [6.07, 6.45) is 4.23. The van der Waals surface area contributed by atoms with Crippen molar-refractivity contribution in [2.75, 3.05) is 26.7 Å². The largest absolute Gasteiger partial charge is 0.497 e. The number of amides is 1. The van der Waals surface area contributed by atoms with Crippen molar-refractivity contribution in [2.24, 2.45) is 5.73 Å². The van der Waals surface area contributed by atoms with Gasteiger partial charge in [0.1, 0.15) is 5.75 Å². The first-order valence-corrected chi connectivity index (χ1v) is 10.1. The molecule has 0 radical (unpaired) electrons. The summed E-state index contributed by atoms with van der Waals surface area (Å²) in [6, 6.07) is 17.7. The van der Waals surface area contributed by atoms with Crippen molar-refractivity contribution in [3.8, 4) is 5.75 Å². The van der Waals surface area contributed by atoms with Crippen LogP contribution in [0.1, 0.15) is 36.4 Å². The van der Waals surface area contributed by atoms with Gasteiger partial charge in [0.2, 0.25) is 5.91 Å². The predicted octanol–water partition coefficient (Wildman–Crippen LogP) is 2.91. The van der Waals surface area contributed by atoms with Crippen molar-refractivity contribution in [1.29, 1.82) is 0 Å². The number of hydrogen-bond acceptors (Lipinski definition) is 4. The number of nitrogens with one attached hydrogen (secondary N) is 1. The predicted molar refractivity (Wildman–Crippen MR) is 112 cm³/mol. The Morgan fingerprint density at radius 3 is 2.39 bits per heavy atom. The van der Waals surface area contributed by atoms with Gasteiger partial charge in [-0.2, -0.15) is 0 Å². The first-order valence-electron chi connectivity index (χ1n) is 10.1. The molecule has 2 aromatic carbocycles. The Kier molecular flexibility index (Phi) is 7.46. The van der Waals surface area contributed by atoms with Gasteiger partial charge in [-0.1, -0.05) is 48.9 Å². The number of nitrogens with zero attached hydrogens (tertiary/aromatic N) is 1. The Hall–Kier alpha value is -2.37. The zero-order chi connectivity index (χ0) is 19.8. The molecule has 0 saturated carbocycles. The van der Waals surface area contributed by atoms with Gasteiger partial charge in [0.25, 0.3) is 0 Å². The highest BCUT2D eigenvalue weighted by molar-refractivity contribution is 5.81. The molecule has 150 valence electrons. The van der Waals surface area contributed by atoms with Crippen LogP contribution in [-0.4, -0.2) is 43.6 Å². The summed E-state index contributed by atoms with van der Waals surface area (Å²) in [5, 5.41) is 3.09. The molecule has 0 bridgehead atoms. The number of piperidine rings is 1. The van der Waals surface area contributed by atoms with E-state index in [1.165, 1.54) is 24.8 Å². The van der Waals surface area contributed by atoms with Crippen molar-refractivity contribution >= 4 is 5.91 Å². The van der Waals surface area contributed by atoms with E-state index in [4.69, 9.17) is 10.5 Å². The molecule has 5 heteroatoms. The fourth-order valence-electron chi connectivity index (χ4n) is 3.80. The van der Waals surface area contributed by atoms with Crippen LogP contribution in [0, 0.1) is 0 Å². The quantitative estimate of drug-likeness (QED) is 0.738. The molecular weight excluding hydrogens is 350 g/mol. The fraction of sp³-hybridized carbons (Fsp3) is 0.435. The summed E-state index contributed by atoms with van der Waals surface area (Å²) in [6.45, 7) is 2.68. The maximum atomic E-state index is 12.6. The summed E-state index contributed by atoms with van der Waals surface area (Å²) in [7, 11) is 1.67. The van der Waals surface area contributed by atoms with Gasteiger partial charge in [0.05, 0.1) is 19.2 Å². The average Bonchev–Trinajstić information content (AvgIpc) is 2.75. The van der Waals surface area contributed by atoms with Gasteiger partial charge in [-0.25, -0.2) is 0 Å². The lowest BCUT2D eigenvalue weighted by Crippen LogP contribution is -2.46. The Morgan fingerprint density at radius 1 is 1.07 bits per heavy atom. The Morgan fingerprint density at radius 2 is 1.75 bits per heavy atom. The van der Waals surface area contributed by atoms with Crippen LogP contribution in [0.15, 0.2) is 54.6 Å². The molecule has 1 amide bonds. The van der Waals surface area contributed by atoms with Gasteiger partial charge < -0.3 is 15.8 Å². The van der Waals surface area contributed by atoms with E-state index < -0.39 is 6.04 Å². The summed E-state index contributed by atoms with van der Waals surface area (Å²) in [4.78, 5) is 15.1. The monoisotopic (exact) mass is 381 g/mol. The number of carbonyl (C=O) groups excluding carboxylic acids is 1. The second-order valence-corrected chi connectivity index (χ2v) is 7.43. The van der Waals surface area contributed by atoms with E-state index in [2.05, 4.69) is 22.3 Å². The molecule has 3 N–H and O–H groups in total. The van der Waals surface area contributed by atoms with Crippen LogP contribution < -0.4 is 15.8 Å². The molecule has 1 aliphatic rings. The smallest absolute Gasteiger partial charge is 0.237 e. The summed E-state index contributed by atoms with van der Waals surface area (Å²) >= 11 is 0. The molecule has 1 aliphatic heterocycles. The molecule has 1 heterocycles. The Labute approximate surface area is 167 Å². The molecular formula is C23H31N3O2. The van der Waals surface area contributed by atoms with E-state index in [1.54, 1.807) is 7.11 Å². The van der Waals surface area contributed by atoms with E-state index in [0.29, 0.717) is 13.0 Å². The van der Waals surface area contributed by atoms with E-state index >= 15 is 0 Å². The van der Waals surface area contributed by atoms with Gasteiger partial charge in [0.15, 0.2) is 0 Å². The van der Waals surface area contributed by atoms with E-state index in [1.807, 2.05) is 42.5 Å². The van der Waals surface area contributed by atoms with Crippen molar-refractivity contribution in [3.05, 3.63) is 65.7 Å². The molecule has 1 fully saturated rings. The van der Waals surface area contributed by atoms with Gasteiger partial charge >= 0.3 is 0 Å². The third-order valence-electron chi connectivity index (χ3n) is 5.44. The second kappa shape index (κ2) is 10.2. The molecule has 0 aliphatic carbocycles. The molecule has 28 heavy (non-hydrogen) atoms. The van der Waals surface area contributed by atoms with Crippen LogP contribution in [0.2, 0.25) is 0 Å². The van der Waals surface area contributed by atoms with Crippen molar-refractivity contribution in [2.45, 2.75) is 37.8 Å². The van der Waals surface area contributed by atoms with Crippen LogP contribution in [0.5, 0.6) is 5.75 Å². The molecule has 2 unspecified atom stereocenters. The van der Waals surface area contributed by atoms with Gasteiger partial charge in [-0.3, -0.25) is 9.69 Å². The van der Waals surface area contributed by atoms with Crippen LogP contribution in [0.25, 0.3) is 0 Å². The lowest BCUT2D eigenvalue weighted by atomic mass is 10.0. The van der Waals surface area contributed by atoms with Crippen LogP contribution in [-0.2, 0) is 11.2 Å². The molecule has 2 aromatic rings.